The lowest BCUT2D eigenvalue weighted by Crippen LogP contribution is -2.34. The van der Waals surface area contributed by atoms with Crippen LogP contribution in [0.15, 0.2) is 18.6 Å². The summed E-state index contributed by atoms with van der Waals surface area (Å²) in [5.74, 6) is 1.17. The van der Waals surface area contributed by atoms with Crippen LogP contribution in [0.4, 0.5) is 0 Å². The summed E-state index contributed by atoms with van der Waals surface area (Å²) in [6.07, 6.45) is 11.8. The maximum absolute atomic E-state index is 5.49. The lowest BCUT2D eigenvalue weighted by atomic mass is 9.97. The summed E-state index contributed by atoms with van der Waals surface area (Å²) >= 11 is 0. The zero-order chi connectivity index (χ0) is 17.2. The molecular formula is C19H29N5O. The highest BCUT2D eigenvalue weighted by Gasteiger charge is 2.29. The fourth-order valence-corrected chi connectivity index (χ4v) is 4.46. The zero-order valence-electron chi connectivity index (χ0n) is 15.4. The van der Waals surface area contributed by atoms with E-state index in [9.17, 15) is 0 Å². The Balaban J connectivity index is 1.50. The maximum Gasteiger partial charge on any atom is 0.0736 e. The van der Waals surface area contributed by atoms with E-state index >= 15 is 0 Å². The van der Waals surface area contributed by atoms with Gasteiger partial charge >= 0.3 is 0 Å². The number of hydrogen-bond acceptors (Lipinski definition) is 4. The predicted molar refractivity (Wildman–Crippen MR) is 96.1 cm³/mol. The van der Waals surface area contributed by atoms with Crippen molar-refractivity contribution in [2.24, 2.45) is 13.0 Å². The van der Waals surface area contributed by atoms with Crippen LogP contribution in [0.2, 0.25) is 0 Å². The van der Waals surface area contributed by atoms with Crippen molar-refractivity contribution in [3.63, 3.8) is 0 Å². The first-order valence-corrected chi connectivity index (χ1v) is 9.46. The average molecular weight is 343 g/mol. The van der Waals surface area contributed by atoms with Crippen molar-refractivity contribution in [2.75, 3.05) is 20.3 Å². The first kappa shape index (κ1) is 16.8. The van der Waals surface area contributed by atoms with Gasteiger partial charge in [-0.15, -0.1) is 0 Å². The van der Waals surface area contributed by atoms with E-state index in [2.05, 4.69) is 27.1 Å². The number of fused-ring (bicyclic) bond motifs is 1. The van der Waals surface area contributed by atoms with Crippen molar-refractivity contribution in [2.45, 2.75) is 51.2 Å². The SMILES string of the molecule is COC[C@@H]1CN(Cc2cnn(C)c2)Cc2cn(CC3CCCC3)nc21. The van der Waals surface area contributed by atoms with Crippen molar-refractivity contribution < 1.29 is 4.74 Å². The van der Waals surface area contributed by atoms with E-state index in [1.54, 1.807) is 7.11 Å². The highest BCUT2D eigenvalue weighted by Crippen LogP contribution is 2.30. The second-order valence-electron chi connectivity index (χ2n) is 7.76. The van der Waals surface area contributed by atoms with Gasteiger partial charge in [0.25, 0.3) is 0 Å². The van der Waals surface area contributed by atoms with Crippen molar-refractivity contribution in [1.29, 1.82) is 0 Å². The first-order valence-electron chi connectivity index (χ1n) is 9.46. The van der Waals surface area contributed by atoms with Gasteiger partial charge in [0.1, 0.15) is 0 Å². The Morgan fingerprint density at radius 1 is 1.24 bits per heavy atom. The van der Waals surface area contributed by atoms with Crippen LogP contribution in [-0.2, 0) is 31.4 Å². The molecule has 0 N–H and O–H groups in total. The van der Waals surface area contributed by atoms with Gasteiger partial charge < -0.3 is 4.74 Å². The van der Waals surface area contributed by atoms with Gasteiger partial charge in [0.2, 0.25) is 0 Å². The molecule has 0 spiro atoms. The molecule has 136 valence electrons. The van der Waals surface area contributed by atoms with Gasteiger partial charge in [-0.25, -0.2) is 0 Å². The number of aryl methyl sites for hydroxylation is 1. The van der Waals surface area contributed by atoms with E-state index in [0.717, 1.165) is 38.7 Å². The fraction of sp³-hybridized carbons (Fsp3) is 0.684. The van der Waals surface area contributed by atoms with Crippen LogP contribution >= 0.6 is 0 Å². The van der Waals surface area contributed by atoms with Crippen molar-refractivity contribution >= 4 is 0 Å². The van der Waals surface area contributed by atoms with Crippen molar-refractivity contribution in [3.05, 3.63) is 35.4 Å². The lowest BCUT2D eigenvalue weighted by molar-refractivity contribution is 0.134. The molecule has 2 aromatic heterocycles. The monoisotopic (exact) mass is 343 g/mol. The summed E-state index contributed by atoms with van der Waals surface area (Å²) in [7, 11) is 3.76. The van der Waals surface area contributed by atoms with E-state index in [-0.39, 0.29) is 0 Å². The topological polar surface area (TPSA) is 48.1 Å². The normalized spacial score (nSPS) is 21.8. The van der Waals surface area contributed by atoms with Gasteiger partial charge in [-0.05, 0) is 18.8 Å². The molecule has 25 heavy (non-hydrogen) atoms. The number of nitrogens with zero attached hydrogens (tertiary/aromatic N) is 5. The van der Waals surface area contributed by atoms with Crippen molar-refractivity contribution in [3.8, 4) is 0 Å². The second kappa shape index (κ2) is 7.30. The predicted octanol–water partition coefficient (Wildman–Crippen LogP) is 2.55. The Morgan fingerprint density at radius 2 is 2.08 bits per heavy atom. The molecule has 0 unspecified atom stereocenters. The molecule has 0 aromatic carbocycles. The molecule has 1 saturated carbocycles. The Kier molecular flexibility index (Phi) is 4.90. The smallest absolute Gasteiger partial charge is 0.0736 e. The number of aromatic nitrogens is 4. The van der Waals surface area contributed by atoms with E-state index < -0.39 is 0 Å². The zero-order valence-corrected chi connectivity index (χ0v) is 15.4. The average Bonchev–Trinajstić information content (AvgIpc) is 3.30. The van der Waals surface area contributed by atoms with Crippen LogP contribution in [0.1, 0.15) is 48.4 Å². The minimum absolute atomic E-state index is 0.357. The Bertz CT molecular complexity index is 700. The van der Waals surface area contributed by atoms with E-state index in [1.165, 1.54) is 42.5 Å². The summed E-state index contributed by atoms with van der Waals surface area (Å²) < 4.78 is 9.57. The minimum atomic E-state index is 0.357. The summed E-state index contributed by atoms with van der Waals surface area (Å²) in [6, 6.07) is 0. The third kappa shape index (κ3) is 3.80. The summed E-state index contributed by atoms with van der Waals surface area (Å²) in [4.78, 5) is 2.49. The maximum atomic E-state index is 5.49. The van der Waals surface area contributed by atoms with Crippen LogP contribution in [-0.4, -0.2) is 44.7 Å². The van der Waals surface area contributed by atoms with Gasteiger partial charge in [0.15, 0.2) is 0 Å². The molecular weight excluding hydrogens is 314 g/mol. The molecule has 6 nitrogen and oxygen atoms in total. The molecule has 1 atom stereocenters. The quantitative estimate of drug-likeness (QED) is 0.809. The summed E-state index contributed by atoms with van der Waals surface area (Å²) in [6.45, 7) is 4.71. The Labute approximate surface area is 149 Å². The van der Waals surface area contributed by atoms with Gasteiger partial charge in [0.05, 0.1) is 18.5 Å². The highest BCUT2D eigenvalue weighted by molar-refractivity contribution is 5.25. The van der Waals surface area contributed by atoms with Gasteiger partial charge in [-0.1, -0.05) is 12.8 Å². The molecule has 2 aliphatic rings. The second-order valence-corrected chi connectivity index (χ2v) is 7.76. The number of ether oxygens (including phenoxy) is 1. The summed E-state index contributed by atoms with van der Waals surface area (Å²) in [5, 5.41) is 9.25. The standard InChI is InChI=1S/C19H29N5O/c1-22-8-16(7-20-22)9-23-11-17-13-24(10-15-5-3-4-6-15)21-19(17)18(12-23)14-25-2/h7-8,13,15,18H,3-6,9-12,14H2,1-2H3/t18-/m0/s1. The van der Waals surface area contributed by atoms with E-state index in [1.807, 2.05) is 17.9 Å². The molecule has 0 saturated heterocycles. The van der Waals surface area contributed by atoms with Crippen LogP contribution in [0.25, 0.3) is 0 Å². The molecule has 1 aliphatic carbocycles. The van der Waals surface area contributed by atoms with Crippen molar-refractivity contribution in [1.82, 2.24) is 24.5 Å². The van der Waals surface area contributed by atoms with Crippen LogP contribution in [0.5, 0.6) is 0 Å². The highest BCUT2D eigenvalue weighted by atomic mass is 16.5. The number of hydrogen-bond donors (Lipinski definition) is 0. The molecule has 1 fully saturated rings. The molecule has 1 aliphatic heterocycles. The molecule has 3 heterocycles. The van der Waals surface area contributed by atoms with Gasteiger partial charge in [-0.3, -0.25) is 14.3 Å². The first-order chi connectivity index (χ1) is 12.2. The Hall–Kier alpha value is -1.66. The van der Waals surface area contributed by atoms with Crippen LogP contribution in [0, 0.1) is 5.92 Å². The minimum Gasteiger partial charge on any atom is -0.384 e. The fourth-order valence-electron chi connectivity index (χ4n) is 4.46. The Morgan fingerprint density at radius 3 is 2.80 bits per heavy atom. The largest absolute Gasteiger partial charge is 0.384 e. The molecule has 0 bridgehead atoms. The third-order valence-electron chi connectivity index (χ3n) is 5.58. The molecule has 0 radical (unpaired) electrons. The summed E-state index contributed by atoms with van der Waals surface area (Å²) in [5.41, 5.74) is 3.89. The van der Waals surface area contributed by atoms with Crippen LogP contribution in [0.3, 0.4) is 0 Å². The van der Waals surface area contributed by atoms with Gasteiger partial charge in [0, 0.05) is 69.8 Å². The molecule has 4 rings (SSSR count). The molecule has 6 heteroatoms. The van der Waals surface area contributed by atoms with E-state index in [4.69, 9.17) is 9.84 Å². The van der Waals surface area contributed by atoms with Gasteiger partial charge in [-0.2, -0.15) is 10.2 Å². The third-order valence-corrected chi connectivity index (χ3v) is 5.58. The number of methoxy groups -OCH3 is 1. The molecule has 0 amide bonds. The number of rotatable bonds is 6. The van der Waals surface area contributed by atoms with Crippen LogP contribution < -0.4 is 0 Å². The lowest BCUT2D eigenvalue weighted by Gasteiger charge is -2.31. The molecule has 2 aromatic rings. The van der Waals surface area contributed by atoms with E-state index in [0.29, 0.717) is 5.92 Å².